The van der Waals surface area contributed by atoms with Crippen LogP contribution in [0.4, 0.5) is 15.8 Å². The number of aliphatic hydroxyl groups is 1. The van der Waals surface area contributed by atoms with E-state index in [0.29, 0.717) is 11.3 Å². The van der Waals surface area contributed by atoms with Crippen molar-refractivity contribution in [3.05, 3.63) is 69.5 Å². The molecular formula is C16H14FN3O3. The van der Waals surface area contributed by atoms with Gasteiger partial charge in [0, 0.05) is 11.8 Å². The Kier molecular flexibility index (Phi) is 4.88. The quantitative estimate of drug-likeness (QED) is 0.652. The van der Waals surface area contributed by atoms with Crippen molar-refractivity contribution < 1.29 is 14.4 Å². The van der Waals surface area contributed by atoms with Crippen LogP contribution in [0.1, 0.15) is 24.2 Å². The maximum atomic E-state index is 12.9. The van der Waals surface area contributed by atoms with Crippen molar-refractivity contribution in [1.29, 1.82) is 5.26 Å². The van der Waals surface area contributed by atoms with Crippen molar-refractivity contribution in [2.75, 3.05) is 5.32 Å². The number of anilines is 1. The highest BCUT2D eigenvalue weighted by Crippen LogP contribution is 2.25. The van der Waals surface area contributed by atoms with E-state index in [1.54, 1.807) is 13.0 Å². The molecule has 118 valence electrons. The van der Waals surface area contributed by atoms with E-state index in [-0.39, 0.29) is 11.3 Å². The highest BCUT2D eigenvalue weighted by molar-refractivity contribution is 5.59. The fourth-order valence-corrected chi connectivity index (χ4v) is 2.17. The zero-order valence-electron chi connectivity index (χ0n) is 12.2. The van der Waals surface area contributed by atoms with Gasteiger partial charge in [-0.15, -0.1) is 0 Å². The molecule has 0 bridgehead atoms. The van der Waals surface area contributed by atoms with Crippen molar-refractivity contribution in [3.63, 3.8) is 0 Å². The molecule has 0 heterocycles. The Hall–Kier alpha value is -2.98. The number of hydrogen-bond acceptors (Lipinski definition) is 5. The molecule has 0 aliphatic carbocycles. The highest BCUT2D eigenvalue weighted by atomic mass is 19.1. The largest absolute Gasteiger partial charge is 0.386 e. The van der Waals surface area contributed by atoms with E-state index in [4.69, 9.17) is 5.26 Å². The summed E-state index contributed by atoms with van der Waals surface area (Å²) < 4.78 is 12.9. The average Bonchev–Trinajstić information content (AvgIpc) is 2.54. The maximum absolute atomic E-state index is 12.9. The number of nitrogens with one attached hydrogen (secondary N) is 1. The first-order chi connectivity index (χ1) is 10.9. The van der Waals surface area contributed by atoms with E-state index >= 15 is 0 Å². The lowest BCUT2D eigenvalue weighted by atomic mass is 10.0. The molecule has 2 rings (SSSR count). The third kappa shape index (κ3) is 3.81. The second-order valence-corrected chi connectivity index (χ2v) is 5.03. The summed E-state index contributed by atoms with van der Waals surface area (Å²) in [4.78, 5) is 10.2. The summed E-state index contributed by atoms with van der Waals surface area (Å²) in [5, 5.41) is 33.0. The second-order valence-electron chi connectivity index (χ2n) is 5.03. The van der Waals surface area contributed by atoms with Gasteiger partial charge < -0.3 is 10.4 Å². The molecule has 0 radical (unpaired) electrons. The topological polar surface area (TPSA) is 99.2 Å². The van der Waals surface area contributed by atoms with Gasteiger partial charge in [0.15, 0.2) is 0 Å². The molecule has 0 spiro atoms. The fourth-order valence-electron chi connectivity index (χ4n) is 2.17. The first kappa shape index (κ1) is 16.4. The van der Waals surface area contributed by atoms with Crippen LogP contribution < -0.4 is 5.32 Å². The molecular weight excluding hydrogens is 301 g/mol. The predicted molar refractivity (Wildman–Crippen MR) is 82.3 cm³/mol. The van der Waals surface area contributed by atoms with Crippen molar-refractivity contribution in [1.82, 2.24) is 0 Å². The Balaban J connectivity index is 2.16. The van der Waals surface area contributed by atoms with E-state index in [0.717, 1.165) is 0 Å². The molecule has 6 nitrogen and oxygen atoms in total. The summed E-state index contributed by atoms with van der Waals surface area (Å²) in [6, 6.07) is 10.8. The Morgan fingerprint density at radius 1 is 1.30 bits per heavy atom. The molecule has 0 amide bonds. The summed E-state index contributed by atoms with van der Waals surface area (Å²) in [7, 11) is 0. The van der Waals surface area contributed by atoms with E-state index < -0.39 is 22.9 Å². The van der Waals surface area contributed by atoms with Crippen LogP contribution in [0, 0.1) is 27.3 Å². The molecule has 2 aromatic rings. The van der Waals surface area contributed by atoms with Gasteiger partial charge in [0.25, 0.3) is 5.69 Å². The monoisotopic (exact) mass is 315 g/mol. The number of nitro groups is 1. The van der Waals surface area contributed by atoms with Gasteiger partial charge in [-0.2, -0.15) is 5.26 Å². The number of nitrogens with zero attached hydrogens (tertiary/aromatic N) is 2. The molecule has 0 aliphatic heterocycles. The SMILES string of the molecule is CC(Nc1ccc([N+](=O)[O-])c(C#N)c1)C(O)c1ccc(F)cc1. The summed E-state index contributed by atoms with van der Waals surface area (Å²) in [6.45, 7) is 1.71. The van der Waals surface area contributed by atoms with E-state index in [1.165, 1.54) is 42.5 Å². The molecule has 0 saturated heterocycles. The maximum Gasteiger partial charge on any atom is 0.287 e. The molecule has 7 heteroatoms. The molecule has 2 aromatic carbocycles. The van der Waals surface area contributed by atoms with Gasteiger partial charge in [0.1, 0.15) is 17.4 Å². The summed E-state index contributed by atoms with van der Waals surface area (Å²) in [5.41, 5.74) is 0.669. The number of halogens is 1. The van der Waals surface area contributed by atoms with Crippen molar-refractivity contribution in [2.45, 2.75) is 19.1 Å². The Morgan fingerprint density at radius 3 is 2.52 bits per heavy atom. The highest BCUT2D eigenvalue weighted by Gasteiger charge is 2.18. The van der Waals surface area contributed by atoms with Gasteiger partial charge in [0.2, 0.25) is 0 Å². The number of aliphatic hydroxyl groups excluding tert-OH is 1. The lowest BCUT2D eigenvalue weighted by Gasteiger charge is -2.21. The lowest BCUT2D eigenvalue weighted by molar-refractivity contribution is -0.385. The van der Waals surface area contributed by atoms with Gasteiger partial charge in [-0.25, -0.2) is 4.39 Å². The van der Waals surface area contributed by atoms with Gasteiger partial charge >= 0.3 is 0 Å². The number of rotatable bonds is 5. The molecule has 2 N–H and O–H groups in total. The van der Waals surface area contributed by atoms with Crippen molar-refractivity contribution in [2.24, 2.45) is 0 Å². The zero-order chi connectivity index (χ0) is 17.0. The predicted octanol–water partition coefficient (Wildman–Crippen LogP) is 3.14. The van der Waals surface area contributed by atoms with Gasteiger partial charge in [-0.1, -0.05) is 12.1 Å². The van der Waals surface area contributed by atoms with Crippen LogP contribution in [0.5, 0.6) is 0 Å². The molecule has 0 saturated carbocycles. The van der Waals surface area contributed by atoms with Crippen LogP contribution in [-0.4, -0.2) is 16.1 Å². The van der Waals surface area contributed by atoms with Crippen molar-refractivity contribution >= 4 is 11.4 Å². The number of hydrogen-bond donors (Lipinski definition) is 2. The van der Waals surface area contributed by atoms with E-state index in [2.05, 4.69) is 5.32 Å². The Labute approximate surface area is 132 Å². The van der Waals surface area contributed by atoms with Gasteiger partial charge in [-0.05, 0) is 36.8 Å². The second kappa shape index (κ2) is 6.85. The standard InChI is InChI=1S/C16H14FN3O3/c1-10(16(21)11-2-4-13(17)5-3-11)19-14-6-7-15(20(22)23)12(8-14)9-18/h2-8,10,16,19,21H,1H3. The van der Waals surface area contributed by atoms with Gasteiger partial charge in [0.05, 0.1) is 17.1 Å². The summed E-state index contributed by atoms with van der Waals surface area (Å²) in [6.07, 6.45) is -0.906. The van der Waals surface area contributed by atoms with Crippen LogP contribution in [-0.2, 0) is 0 Å². The summed E-state index contributed by atoms with van der Waals surface area (Å²) in [5.74, 6) is -0.393. The Bertz CT molecular complexity index is 756. The minimum absolute atomic E-state index is 0.0662. The average molecular weight is 315 g/mol. The fraction of sp³-hybridized carbons (Fsp3) is 0.188. The number of nitro benzene ring substituents is 1. The minimum Gasteiger partial charge on any atom is -0.386 e. The van der Waals surface area contributed by atoms with Crippen LogP contribution in [0.3, 0.4) is 0 Å². The van der Waals surface area contributed by atoms with Gasteiger partial charge in [-0.3, -0.25) is 10.1 Å². The lowest BCUT2D eigenvalue weighted by Crippen LogP contribution is -2.24. The third-order valence-corrected chi connectivity index (χ3v) is 3.39. The first-order valence-corrected chi connectivity index (χ1v) is 6.81. The van der Waals surface area contributed by atoms with E-state index in [1.807, 2.05) is 0 Å². The van der Waals surface area contributed by atoms with Crippen LogP contribution in [0.25, 0.3) is 0 Å². The van der Waals surface area contributed by atoms with Crippen LogP contribution >= 0.6 is 0 Å². The summed E-state index contributed by atoms with van der Waals surface area (Å²) >= 11 is 0. The third-order valence-electron chi connectivity index (χ3n) is 3.39. The molecule has 23 heavy (non-hydrogen) atoms. The Morgan fingerprint density at radius 2 is 1.96 bits per heavy atom. The van der Waals surface area contributed by atoms with E-state index in [9.17, 15) is 19.6 Å². The molecule has 2 unspecified atom stereocenters. The number of benzene rings is 2. The van der Waals surface area contributed by atoms with Crippen molar-refractivity contribution in [3.8, 4) is 6.07 Å². The first-order valence-electron chi connectivity index (χ1n) is 6.81. The molecule has 0 aliphatic rings. The zero-order valence-corrected chi connectivity index (χ0v) is 12.2. The number of nitriles is 1. The smallest absolute Gasteiger partial charge is 0.287 e. The normalized spacial score (nSPS) is 13.0. The minimum atomic E-state index is -0.906. The molecule has 2 atom stereocenters. The van der Waals surface area contributed by atoms with Crippen LogP contribution in [0.15, 0.2) is 42.5 Å². The molecule has 0 aromatic heterocycles. The molecule has 0 fully saturated rings. The van der Waals surface area contributed by atoms with Crippen LogP contribution in [0.2, 0.25) is 0 Å².